The Hall–Kier alpha value is -3.72. The van der Waals surface area contributed by atoms with Crippen molar-refractivity contribution in [2.75, 3.05) is 17.2 Å². The molecule has 27 heavy (non-hydrogen) atoms. The van der Waals surface area contributed by atoms with Crippen LogP contribution in [0.3, 0.4) is 0 Å². The molecule has 3 rings (SSSR count). The average molecular weight is 360 g/mol. The number of halogens is 1. The summed E-state index contributed by atoms with van der Waals surface area (Å²) in [5.74, 6) is -0.576. The molecule has 1 aromatic heterocycles. The monoisotopic (exact) mass is 360 g/mol. The van der Waals surface area contributed by atoms with E-state index in [0.29, 0.717) is 29.8 Å². The summed E-state index contributed by atoms with van der Waals surface area (Å²) < 4.78 is 13.6. The summed E-state index contributed by atoms with van der Waals surface area (Å²) in [7, 11) is 0. The number of nitriles is 1. The second-order valence-electron chi connectivity index (χ2n) is 5.85. The van der Waals surface area contributed by atoms with Crippen LogP contribution in [0.2, 0.25) is 0 Å². The summed E-state index contributed by atoms with van der Waals surface area (Å²) in [6.07, 6.45) is 2.10. The predicted octanol–water partition coefficient (Wildman–Crippen LogP) is 4.00. The maximum absolute atomic E-state index is 13.6. The fourth-order valence-electron chi connectivity index (χ4n) is 2.54. The van der Waals surface area contributed by atoms with Gasteiger partial charge in [0.1, 0.15) is 11.5 Å². The molecular weight excluding hydrogens is 343 g/mol. The Morgan fingerprint density at radius 1 is 1.07 bits per heavy atom. The molecule has 1 heterocycles. The van der Waals surface area contributed by atoms with Crippen LogP contribution >= 0.6 is 0 Å². The highest BCUT2D eigenvalue weighted by molar-refractivity contribution is 6.03. The van der Waals surface area contributed by atoms with Gasteiger partial charge in [0.25, 0.3) is 5.91 Å². The molecule has 2 aromatic carbocycles. The van der Waals surface area contributed by atoms with Gasteiger partial charge in [-0.15, -0.1) is 0 Å². The van der Waals surface area contributed by atoms with E-state index in [1.165, 1.54) is 6.07 Å². The van der Waals surface area contributed by atoms with Gasteiger partial charge in [-0.2, -0.15) is 5.26 Å². The van der Waals surface area contributed by atoms with E-state index in [1.807, 2.05) is 6.07 Å². The van der Waals surface area contributed by atoms with Gasteiger partial charge < -0.3 is 10.6 Å². The van der Waals surface area contributed by atoms with Gasteiger partial charge >= 0.3 is 0 Å². The first-order valence-corrected chi connectivity index (χ1v) is 8.40. The first-order valence-electron chi connectivity index (χ1n) is 8.40. The fourth-order valence-corrected chi connectivity index (χ4v) is 2.54. The van der Waals surface area contributed by atoms with Gasteiger partial charge in [-0.05, 0) is 48.4 Å². The van der Waals surface area contributed by atoms with Gasteiger partial charge in [-0.25, -0.2) is 9.37 Å². The van der Waals surface area contributed by atoms with Crippen molar-refractivity contribution in [1.82, 2.24) is 4.98 Å². The number of nitrogens with one attached hydrogen (secondary N) is 2. The molecule has 1 amide bonds. The maximum atomic E-state index is 13.6. The minimum Gasteiger partial charge on any atom is -0.383 e. The molecule has 3 aromatic rings. The highest BCUT2D eigenvalue weighted by Crippen LogP contribution is 2.13. The van der Waals surface area contributed by atoms with Crippen molar-refractivity contribution in [3.8, 4) is 6.07 Å². The molecule has 0 atom stereocenters. The number of hydrogen-bond acceptors (Lipinski definition) is 4. The van der Waals surface area contributed by atoms with E-state index in [0.717, 1.165) is 5.69 Å². The molecule has 0 aliphatic carbocycles. The fraction of sp³-hybridized carbons (Fsp3) is 0.0952. The van der Waals surface area contributed by atoms with Crippen LogP contribution < -0.4 is 10.6 Å². The third kappa shape index (κ3) is 4.89. The average Bonchev–Trinajstić information content (AvgIpc) is 2.70. The highest BCUT2D eigenvalue weighted by atomic mass is 19.1. The zero-order valence-electron chi connectivity index (χ0n) is 14.4. The summed E-state index contributed by atoms with van der Waals surface area (Å²) in [4.78, 5) is 16.4. The van der Waals surface area contributed by atoms with Crippen molar-refractivity contribution >= 4 is 17.3 Å². The Bertz CT molecular complexity index is 980. The van der Waals surface area contributed by atoms with Crippen molar-refractivity contribution in [2.24, 2.45) is 0 Å². The smallest absolute Gasteiger partial charge is 0.274 e. The molecule has 6 heteroatoms. The van der Waals surface area contributed by atoms with E-state index in [-0.39, 0.29) is 17.4 Å². The predicted molar refractivity (Wildman–Crippen MR) is 102 cm³/mol. The summed E-state index contributed by atoms with van der Waals surface area (Å²) in [6.45, 7) is 0.551. The van der Waals surface area contributed by atoms with Crippen molar-refractivity contribution in [3.05, 3.63) is 89.5 Å². The Morgan fingerprint density at radius 2 is 1.93 bits per heavy atom. The molecule has 0 fully saturated rings. The van der Waals surface area contributed by atoms with Crippen molar-refractivity contribution < 1.29 is 9.18 Å². The lowest BCUT2D eigenvalue weighted by Crippen LogP contribution is -2.14. The number of anilines is 2. The standard InChI is InChI=1S/C21H17FN4O/c22-19-7-2-1-5-16(19)10-11-24-18-8-9-20(25-14-18)21(27)26-17-6-3-4-15(12-17)13-23/h1-9,12,14,24H,10-11H2,(H,26,27). The first-order chi connectivity index (χ1) is 13.2. The van der Waals surface area contributed by atoms with Crippen LogP contribution in [0, 0.1) is 17.1 Å². The van der Waals surface area contributed by atoms with Crippen LogP contribution in [0.1, 0.15) is 21.6 Å². The molecule has 0 aliphatic rings. The van der Waals surface area contributed by atoms with E-state index < -0.39 is 0 Å². The number of rotatable bonds is 6. The minimum absolute atomic E-state index is 0.218. The van der Waals surface area contributed by atoms with Crippen LogP contribution in [-0.4, -0.2) is 17.4 Å². The molecule has 0 unspecified atom stereocenters. The lowest BCUT2D eigenvalue weighted by atomic mass is 10.1. The van der Waals surface area contributed by atoms with Gasteiger partial charge in [0.2, 0.25) is 0 Å². The molecule has 2 N–H and O–H groups in total. The number of benzene rings is 2. The third-order valence-corrected chi connectivity index (χ3v) is 3.93. The van der Waals surface area contributed by atoms with Gasteiger partial charge in [0.05, 0.1) is 23.5 Å². The summed E-state index contributed by atoms with van der Waals surface area (Å²) in [5.41, 5.74) is 2.66. The summed E-state index contributed by atoms with van der Waals surface area (Å²) in [6, 6.07) is 18.7. The molecule has 0 spiro atoms. The maximum Gasteiger partial charge on any atom is 0.274 e. The Morgan fingerprint density at radius 3 is 2.67 bits per heavy atom. The van der Waals surface area contributed by atoms with Crippen LogP contribution in [-0.2, 0) is 6.42 Å². The second-order valence-corrected chi connectivity index (χ2v) is 5.85. The second kappa shape index (κ2) is 8.59. The topological polar surface area (TPSA) is 77.8 Å². The van der Waals surface area contributed by atoms with Crippen molar-refractivity contribution in [1.29, 1.82) is 5.26 Å². The van der Waals surface area contributed by atoms with Gasteiger partial charge in [0, 0.05) is 12.2 Å². The van der Waals surface area contributed by atoms with Crippen molar-refractivity contribution in [3.63, 3.8) is 0 Å². The van der Waals surface area contributed by atoms with Gasteiger partial charge in [0.15, 0.2) is 0 Å². The zero-order valence-corrected chi connectivity index (χ0v) is 14.4. The number of carbonyl (C=O) groups is 1. The number of aromatic nitrogens is 1. The van der Waals surface area contributed by atoms with Crippen LogP contribution in [0.25, 0.3) is 0 Å². The minimum atomic E-state index is -0.358. The number of amides is 1. The lowest BCUT2D eigenvalue weighted by Gasteiger charge is -2.08. The molecule has 0 saturated heterocycles. The molecule has 134 valence electrons. The van der Waals surface area contributed by atoms with Gasteiger partial charge in [-0.1, -0.05) is 24.3 Å². The van der Waals surface area contributed by atoms with E-state index >= 15 is 0 Å². The number of nitrogens with zero attached hydrogens (tertiary/aromatic N) is 2. The van der Waals surface area contributed by atoms with E-state index in [2.05, 4.69) is 15.6 Å². The normalized spacial score (nSPS) is 10.1. The number of carbonyl (C=O) groups excluding carboxylic acids is 1. The summed E-state index contributed by atoms with van der Waals surface area (Å²) in [5, 5.41) is 14.8. The van der Waals surface area contributed by atoms with Crippen LogP contribution in [0.5, 0.6) is 0 Å². The molecule has 0 saturated carbocycles. The van der Waals surface area contributed by atoms with E-state index in [4.69, 9.17) is 5.26 Å². The largest absolute Gasteiger partial charge is 0.383 e. The zero-order chi connectivity index (χ0) is 19.1. The quantitative estimate of drug-likeness (QED) is 0.696. The number of pyridine rings is 1. The Kier molecular flexibility index (Phi) is 5.75. The van der Waals surface area contributed by atoms with Crippen LogP contribution in [0.4, 0.5) is 15.8 Å². The van der Waals surface area contributed by atoms with Gasteiger partial charge in [-0.3, -0.25) is 4.79 Å². The molecule has 5 nitrogen and oxygen atoms in total. The molecule has 0 aliphatic heterocycles. The van der Waals surface area contributed by atoms with E-state index in [9.17, 15) is 9.18 Å². The summed E-state index contributed by atoms with van der Waals surface area (Å²) >= 11 is 0. The van der Waals surface area contributed by atoms with Crippen LogP contribution in [0.15, 0.2) is 66.9 Å². The van der Waals surface area contributed by atoms with Crippen molar-refractivity contribution in [2.45, 2.75) is 6.42 Å². The third-order valence-electron chi connectivity index (χ3n) is 3.93. The number of hydrogen-bond donors (Lipinski definition) is 2. The molecule has 0 bridgehead atoms. The Balaban J connectivity index is 1.55. The highest BCUT2D eigenvalue weighted by Gasteiger charge is 2.08. The Labute approximate surface area is 156 Å². The SMILES string of the molecule is N#Cc1cccc(NC(=O)c2ccc(NCCc3ccccc3F)cn2)c1. The first kappa shape index (κ1) is 18.1. The molecular formula is C21H17FN4O. The van der Waals surface area contributed by atoms with E-state index in [1.54, 1.807) is 60.8 Å². The lowest BCUT2D eigenvalue weighted by molar-refractivity contribution is 0.102. The molecule has 0 radical (unpaired) electrons.